The van der Waals surface area contributed by atoms with E-state index in [1.165, 1.54) is 0 Å². The molecule has 3 heterocycles. The Bertz CT molecular complexity index is 1010. The largest absolute Gasteiger partial charge is 0.477 e. The normalized spacial score (nSPS) is 18.5. The lowest BCUT2D eigenvalue weighted by Crippen LogP contribution is -2.17. The third kappa shape index (κ3) is 4.43. The molecular weight excluding hydrogens is 364 g/mol. The van der Waals surface area contributed by atoms with Crippen molar-refractivity contribution >= 4 is 0 Å². The van der Waals surface area contributed by atoms with Crippen LogP contribution in [0.25, 0.3) is 11.1 Å². The van der Waals surface area contributed by atoms with Crippen LogP contribution in [0.2, 0.25) is 0 Å². The van der Waals surface area contributed by atoms with Crippen LogP contribution in [0.4, 0.5) is 0 Å². The van der Waals surface area contributed by atoms with Gasteiger partial charge in [-0.2, -0.15) is 4.98 Å². The molecule has 1 aliphatic rings. The second kappa shape index (κ2) is 7.52. The summed E-state index contributed by atoms with van der Waals surface area (Å²) in [5, 5.41) is 10.1. The van der Waals surface area contributed by atoms with Crippen molar-refractivity contribution < 1.29 is 9.84 Å². The average molecular weight is 390 g/mol. The van der Waals surface area contributed by atoms with E-state index < -0.39 is 5.60 Å². The van der Waals surface area contributed by atoms with E-state index in [-0.39, 0.29) is 0 Å². The quantitative estimate of drug-likeness (QED) is 0.686. The van der Waals surface area contributed by atoms with Gasteiger partial charge in [0.2, 0.25) is 5.88 Å². The van der Waals surface area contributed by atoms with Gasteiger partial charge in [0.25, 0.3) is 0 Å². The topological polar surface area (TPSA) is 81.0 Å². The highest BCUT2D eigenvalue weighted by molar-refractivity contribution is 5.67. The summed E-state index contributed by atoms with van der Waals surface area (Å²) in [7, 11) is 0. The van der Waals surface area contributed by atoms with Crippen molar-refractivity contribution in [1.82, 2.24) is 19.9 Å². The van der Waals surface area contributed by atoms with Crippen LogP contribution in [-0.2, 0) is 5.60 Å². The van der Waals surface area contributed by atoms with Crippen LogP contribution < -0.4 is 4.74 Å². The molecule has 6 nitrogen and oxygen atoms in total. The Morgan fingerprint density at radius 2 is 1.90 bits per heavy atom. The summed E-state index contributed by atoms with van der Waals surface area (Å²) in [4.78, 5) is 17.9. The maximum absolute atomic E-state index is 10.1. The van der Waals surface area contributed by atoms with Gasteiger partial charge in [-0.25, -0.2) is 4.98 Å². The van der Waals surface area contributed by atoms with Crippen LogP contribution in [-0.4, -0.2) is 31.6 Å². The molecule has 4 rings (SSSR count). The van der Waals surface area contributed by atoms with E-state index in [4.69, 9.17) is 4.74 Å². The molecule has 0 aromatic carbocycles. The molecule has 1 saturated carbocycles. The van der Waals surface area contributed by atoms with E-state index in [0.717, 1.165) is 28.9 Å². The van der Waals surface area contributed by atoms with E-state index in [9.17, 15) is 5.11 Å². The van der Waals surface area contributed by atoms with Crippen molar-refractivity contribution in [3.63, 3.8) is 0 Å². The number of ether oxygens (including phenoxy) is 1. The lowest BCUT2D eigenvalue weighted by atomic mass is 10.0. The van der Waals surface area contributed by atoms with Crippen molar-refractivity contribution in [3.05, 3.63) is 65.6 Å². The highest BCUT2D eigenvalue weighted by Crippen LogP contribution is 2.47. The number of rotatable bonds is 6. The molecule has 0 radical (unpaired) electrons. The first-order valence-electron chi connectivity index (χ1n) is 9.90. The summed E-state index contributed by atoms with van der Waals surface area (Å²) in [6, 6.07) is 9.90. The lowest BCUT2D eigenvalue weighted by molar-refractivity contribution is 0.0739. The number of nitrogens with zero attached hydrogens (tertiary/aromatic N) is 4. The fraction of sp³-hybridized carbons (Fsp3) is 0.391. The van der Waals surface area contributed by atoms with Crippen LogP contribution in [0.1, 0.15) is 49.1 Å². The molecule has 0 bridgehead atoms. The zero-order valence-electron chi connectivity index (χ0n) is 17.3. The Labute approximate surface area is 171 Å². The van der Waals surface area contributed by atoms with Crippen LogP contribution in [0.3, 0.4) is 0 Å². The molecule has 1 fully saturated rings. The maximum Gasteiger partial charge on any atom is 0.224 e. The summed E-state index contributed by atoms with van der Waals surface area (Å²) < 4.78 is 6.12. The van der Waals surface area contributed by atoms with Gasteiger partial charge in [0.15, 0.2) is 0 Å². The van der Waals surface area contributed by atoms with E-state index in [1.807, 2.05) is 32.0 Å². The fourth-order valence-electron chi connectivity index (χ4n) is 3.42. The van der Waals surface area contributed by atoms with Crippen molar-refractivity contribution in [2.24, 2.45) is 5.92 Å². The van der Waals surface area contributed by atoms with Crippen molar-refractivity contribution in [3.8, 4) is 17.0 Å². The Balaban J connectivity index is 1.49. The smallest absolute Gasteiger partial charge is 0.224 e. The Hall–Kier alpha value is -2.86. The molecule has 6 heteroatoms. The highest BCUT2D eigenvalue weighted by atomic mass is 16.5. The first kappa shape index (κ1) is 19.5. The first-order chi connectivity index (χ1) is 13.8. The molecule has 0 spiro atoms. The molecule has 1 aliphatic carbocycles. The predicted octanol–water partition coefficient (Wildman–Crippen LogP) is 3.96. The third-order valence-electron chi connectivity index (χ3n) is 5.22. The predicted molar refractivity (Wildman–Crippen MR) is 111 cm³/mol. The van der Waals surface area contributed by atoms with Gasteiger partial charge < -0.3 is 9.84 Å². The van der Waals surface area contributed by atoms with Gasteiger partial charge in [-0.15, -0.1) is 0 Å². The number of hydrogen-bond donors (Lipinski definition) is 1. The van der Waals surface area contributed by atoms with E-state index in [0.29, 0.717) is 35.8 Å². The minimum atomic E-state index is -0.980. The van der Waals surface area contributed by atoms with Crippen molar-refractivity contribution in [1.29, 1.82) is 0 Å². The molecule has 0 amide bonds. The van der Waals surface area contributed by atoms with Crippen LogP contribution >= 0.6 is 0 Å². The van der Waals surface area contributed by atoms with E-state index in [2.05, 4.69) is 32.1 Å². The van der Waals surface area contributed by atoms with Gasteiger partial charge in [0.1, 0.15) is 11.4 Å². The van der Waals surface area contributed by atoms with E-state index >= 15 is 0 Å². The summed E-state index contributed by atoms with van der Waals surface area (Å²) in [6.07, 6.45) is 4.58. The van der Waals surface area contributed by atoms with E-state index in [1.54, 1.807) is 26.2 Å². The Morgan fingerprint density at radius 3 is 2.59 bits per heavy atom. The number of hydrogen-bond acceptors (Lipinski definition) is 6. The number of aromatic nitrogens is 4. The summed E-state index contributed by atoms with van der Waals surface area (Å²) in [5.41, 5.74) is 3.49. The second-order valence-corrected chi connectivity index (χ2v) is 8.24. The average Bonchev–Trinajstić information content (AvgIpc) is 3.46. The zero-order valence-corrected chi connectivity index (χ0v) is 17.3. The summed E-state index contributed by atoms with van der Waals surface area (Å²) in [5.74, 6) is 2.13. The van der Waals surface area contributed by atoms with Gasteiger partial charge in [-0.1, -0.05) is 12.1 Å². The highest BCUT2D eigenvalue weighted by Gasteiger charge is 2.40. The SMILES string of the molecule is Cc1cccc([C@@H]2CC2COc2nc(C)ncc2-c2ccc(C(C)(C)O)nc2)n1. The monoisotopic (exact) mass is 390 g/mol. The Morgan fingerprint density at radius 1 is 1.07 bits per heavy atom. The molecule has 0 aliphatic heterocycles. The second-order valence-electron chi connectivity index (χ2n) is 8.24. The maximum atomic E-state index is 10.1. The van der Waals surface area contributed by atoms with Gasteiger partial charge in [-0.05, 0) is 52.3 Å². The van der Waals surface area contributed by atoms with Gasteiger partial charge in [0, 0.05) is 41.2 Å². The van der Waals surface area contributed by atoms with Crippen molar-refractivity contribution in [2.75, 3.05) is 6.61 Å². The first-order valence-corrected chi connectivity index (χ1v) is 9.90. The van der Waals surface area contributed by atoms with Crippen molar-refractivity contribution in [2.45, 2.75) is 45.6 Å². The zero-order chi connectivity index (χ0) is 20.6. The molecule has 1 unspecified atom stereocenters. The molecule has 150 valence electrons. The molecule has 3 aromatic heterocycles. The molecule has 29 heavy (non-hydrogen) atoms. The molecule has 3 aromatic rings. The number of aliphatic hydroxyl groups is 1. The van der Waals surface area contributed by atoms with Gasteiger partial charge in [0.05, 0.1) is 17.9 Å². The molecule has 0 saturated heterocycles. The minimum Gasteiger partial charge on any atom is -0.477 e. The third-order valence-corrected chi connectivity index (χ3v) is 5.22. The molecule has 1 N–H and O–H groups in total. The molecule has 2 atom stereocenters. The standard InChI is InChI=1S/C23H26N4O2/c1-14-6-5-7-20(26-14)18-10-17(18)13-29-22-19(12-24-15(2)27-22)16-8-9-21(25-11-16)23(3,4)28/h5-9,11-12,17-18,28H,10,13H2,1-4H3/t17?,18-/m1/s1. The summed E-state index contributed by atoms with van der Waals surface area (Å²) in [6.45, 7) is 7.90. The van der Waals surface area contributed by atoms with Gasteiger partial charge >= 0.3 is 0 Å². The minimum absolute atomic E-state index is 0.447. The molecular formula is C23H26N4O2. The lowest BCUT2D eigenvalue weighted by Gasteiger charge is -2.17. The van der Waals surface area contributed by atoms with Gasteiger partial charge in [-0.3, -0.25) is 9.97 Å². The number of pyridine rings is 2. The number of aryl methyl sites for hydroxylation is 2. The van der Waals surface area contributed by atoms with Crippen LogP contribution in [0.5, 0.6) is 5.88 Å². The fourth-order valence-corrected chi connectivity index (χ4v) is 3.42. The Kier molecular flexibility index (Phi) is 5.04. The summed E-state index contributed by atoms with van der Waals surface area (Å²) >= 11 is 0. The van der Waals surface area contributed by atoms with Crippen LogP contribution in [0, 0.1) is 19.8 Å². The van der Waals surface area contributed by atoms with Crippen LogP contribution in [0.15, 0.2) is 42.7 Å².